The second kappa shape index (κ2) is 8.55. The van der Waals surface area contributed by atoms with Crippen LogP contribution in [-0.2, 0) is 9.59 Å². The lowest BCUT2D eigenvalue weighted by atomic mass is 10.0. The van der Waals surface area contributed by atoms with E-state index in [2.05, 4.69) is 5.32 Å². The Morgan fingerprint density at radius 1 is 1.17 bits per heavy atom. The maximum absolute atomic E-state index is 12.9. The van der Waals surface area contributed by atoms with E-state index in [4.69, 9.17) is 9.47 Å². The van der Waals surface area contributed by atoms with Gasteiger partial charge in [0.05, 0.1) is 26.2 Å². The van der Waals surface area contributed by atoms with E-state index >= 15 is 0 Å². The van der Waals surface area contributed by atoms with Crippen molar-refractivity contribution < 1.29 is 19.1 Å². The number of hydrogen-bond donors (Lipinski definition) is 1. The summed E-state index contributed by atoms with van der Waals surface area (Å²) in [6.07, 6.45) is 0.210. The first kappa shape index (κ1) is 20.7. The lowest BCUT2D eigenvalue weighted by molar-refractivity contribution is -0.126. The van der Waals surface area contributed by atoms with Crippen LogP contribution in [0.25, 0.3) is 0 Å². The number of carbonyl (C=O) groups is 2. The number of nitrogens with one attached hydrogen (secondary N) is 1. The van der Waals surface area contributed by atoms with Gasteiger partial charge in [-0.25, -0.2) is 0 Å². The zero-order valence-electron chi connectivity index (χ0n) is 17.6. The van der Waals surface area contributed by atoms with Crippen LogP contribution in [0.4, 0.5) is 5.69 Å². The van der Waals surface area contributed by atoms with Crippen LogP contribution in [0.1, 0.15) is 36.1 Å². The molecule has 1 aliphatic heterocycles. The molecule has 0 aromatic heterocycles. The Bertz CT molecular complexity index is 925. The Morgan fingerprint density at radius 3 is 2.62 bits per heavy atom. The zero-order valence-corrected chi connectivity index (χ0v) is 17.6. The standard InChI is InChI=1S/C23H28N2O4/c1-14-7-6-8-20(15(14)2)25-13-17(11-22(25)26)23(27)24-16(3)19-12-18(28-4)9-10-21(19)29-5/h6-10,12,16-17H,11,13H2,1-5H3,(H,24,27). The Labute approximate surface area is 171 Å². The molecule has 2 amide bonds. The summed E-state index contributed by atoms with van der Waals surface area (Å²) in [6, 6.07) is 11.1. The Balaban J connectivity index is 1.73. The SMILES string of the molecule is COc1ccc(OC)c(C(C)NC(=O)C2CC(=O)N(c3cccc(C)c3C)C2)c1. The Kier molecular flexibility index (Phi) is 6.11. The normalized spacial score (nSPS) is 17.2. The van der Waals surface area contributed by atoms with Crippen molar-refractivity contribution in [1.29, 1.82) is 0 Å². The van der Waals surface area contributed by atoms with Crippen molar-refractivity contribution in [3.05, 3.63) is 53.1 Å². The molecule has 0 aliphatic carbocycles. The molecule has 0 saturated carbocycles. The maximum Gasteiger partial charge on any atom is 0.227 e. The van der Waals surface area contributed by atoms with Crippen LogP contribution in [0, 0.1) is 19.8 Å². The predicted octanol–water partition coefficient (Wildman–Crippen LogP) is 3.55. The van der Waals surface area contributed by atoms with Gasteiger partial charge in [0, 0.05) is 24.2 Å². The van der Waals surface area contributed by atoms with Crippen molar-refractivity contribution in [2.45, 2.75) is 33.2 Å². The molecule has 0 radical (unpaired) electrons. The van der Waals surface area contributed by atoms with Crippen LogP contribution >= 0.6 is 0 Å². The molecule has 6 nitrogen and oxygen atoms in total. The van der Waals surface area contributed by atoms with Crippen LogP contribution in [0.3, 0.4) is 0 Å². The summed E-state index contributed by atoms with van der Waals surface area (Å²) in [4.78, 5) is 27.2. The summed E-state index contributed by atoms with van der Waals surface area (Å²) in [7, 11) is 3.19. The molecule has 3 rings (SSSR count). The van der Waals surface area contributed by atoms with Crippen LogP contribution < -0.4 is 19.7 Å². The van der Waals surface area contributed by atoms with E-state index in [0.717, 1.165) is 22.4 Å². The van der Waals surface area contributed by atoms with Crippen LogP contribution in [0.2, 0.25) is 0 Å². The van der Waals surface area contributed by atoms with Crippen molar-refractivity contribution in [3.8, 4) is 11.5 Å². The number of methoxy groups -OCH3 is 2. The van der Waals surface area contributed by atoms with Gasteiger partial charge in [-0.05, 0) is 56.2 Å². The average Bonchev–Trinajstić information content (AvgIpc) is 3.11. The molecule has 1 aliphatic rings. The summed E-state index contributed by atoms with van der Waals surface area (Å²) >= 11 is 0. The Morgan fingerprint density at radius 2 is 1.93 bits per heavy atom. The van der Waals surface area contributed by atoms with E-state index in [0.29, 0.717) is 18.0 Å². The molecule has 29 heavy (non-hydrogen) atoms. The second-order valence-electron chi connectivity index (χ2n) is 7.46. The first-order valence-electron chi connectivity index (χ1n) is 9.74. The largest absolute Gasteiger partial charge is 0.497 e. The number of rotatable bonds is 6. The van der Waals surface area contributed by atoms with Gasteiger partial charge in [0.15, 0.2) is 0 Å². The first-order chi connectivity index (χ1) is 13.8. The highest BCUT2D eigenvalue weighted by molar-refractivity contribution is 6.01. The highest BCUT2D eigenvalue weighted by atomic mass is 16.5. The number of benzene rings is 2. The van der Waals surface area contributed by atoms with Crippen molar-refractivity contribution in [1.82, 2.24) is 5.32 Å². The minimum atomic E-state index is -0.388. The number of ether oxygens (including phenoxy) is 2. The fourth-order valence-corrected chi connectivity index (χ4v) is 3.73. The van der Waals surface area contributed by atoms with Gasteiger partial charge in [0.25, 0.3) is 0 Å². The van der Waals surface area contributed by atoms with Crippen molar-refractivity contribution in [2.75, 3.05) is 25.7 Å². The molecule has 1 N–H and O–H groups in total. The monoisotopic (exact) mass is 396 g/mol. The molecule has 0 bridgehead atoms. The minimum absolute atomic E-state index is 0.0227. The van der Waals surface area contributed by atoms with E-state index in [9.17, 15) is 9.59 Å². The molecule has 2 aromatic carbocycles. The summed E-state index contributed by atoms with van der Waals surface area (Å²) in [5, 5.41) is 3.03. The van der Waals surface area contributed by atoms with Gasteiger partial charge in [0.2, 0.25) is 11.8 Å². The zero-order chi connectivity index (χ0) is 21.1. The van der Waals surface area contributed by atoms with Crippen LogP contribution in [0.5, 0.6) is 11.5 Å². The van der Waals surface area contributed by atoms with Crippen molar-refractivity contribution >= 4 is 17.5 Å². The van der Waals surface area contributed by atoms with Gasteiger partial charge in [-0.1, -0.05) is 12.1 Å². The van der Waals surface area contributed by atoms with Gasteiger partial charge in [0.1, 0.15) is 11.5 Å². The number of anilines is 1. The van der Waals surface area contributed by atoms with Crippen molar-refractivity contribution in [2.24, 2.45) is 5.92 Å². The minimum Gasteiger partial charge on any atom is -0.497 e. The van der Waals surface area contributed by atoms with Crippen molar-refractivity contribution in [3.63, 3.8) is 0 Å². The first-order valence-corrected chi connectivity index (χ1v) is 9.74. The van der Waals surface area contributed by atoms with E-state index in [1.165, 1.54) is 0 Å². The van der Waals surface area contributed by atoms with Gasteiger partial charge in [-0.2, -0.15) is 0 Å². The molecular weight excluding hydrogens is 368 g/mol. The topological polar surface area (TPSA) is 67.9 Å². The maximum atomic E-state index is 12.9. The lowest BCUT2D eigenvalue weighted by Gasteiger charge is -2.22. The van der Waals surface area contributed by atoms with E-state index in [-0.39, 0.29) is 30.2 Å². The molecule has 0 spiro atoms. The number of amides is 2. The smallest absolute Gasteiger partial charge is 0.227 e. The van der Waals surface area contributed by atoms with E-state index < -0.39 is 0 Å². The molecule has 2 atom stereocenters. The Hall–Kier alpha value is -3.02. The third-order valence-corrected chi connectivity index (χ3v) is 5.62. The number of aryl methyl sites for hydroxylation is 1. The van der Waals surface area contributed by atoms with Crippen LogP contribution in [0.15, 0.2) is 36.4 Å². The van der Waals surface area contributed by atoms with Gasteiger partial charge in [-0.3, -0.25) is 9.59 Å². The summed E-state index contributed by atoms with van der Waals surface area (Å²) in [5.74, 6) is 0.826. The van der Waals surface area contributed by atoms with E-state index in [1.807, 2.05) is 57.2 Å². The highest BCUT2D eigenvalue weighted by Gasteiger charge is 2.36. The third-order valence-electron chi connectivity index (χ3n) is 5.62. The van der Waals surface area contributed by atoms with E-state index in [1.54, 1.807) is 19.1 Å². The van der Waals surface area contributed by atoms with Gasteiger partial charge in [-0.15, -0.1) is 0 Å². The number of carbonyl (C=O) groups excluding carboxylic acids is 2. The van der Waals surface area contributed by atoms with Gasteiger partial charge < -0.3 is 19.7 Å². The fourth-order valence-electron chi connectivity index (χ4n) is 3.73. The molecule has 1 heterocycles. The second-order valence-corrected chi connectivity index (χ2v) is 7.46. The lowest BCUT2D eigenvalue weighted by Crippen LogP contribution is -2.34. The summed E-state index contributed by atoms with van der Waals surface area (Å²) in [5.41, 5.74) is 3.90. The molecule has 2 unspecified atom stereocenters. The highest BCUT2D eigenvalue weighted by Crippen LogP contribution is 2.32. The summed E-state index contributed by atoms with van der Waals surface area (Å²) < 4.78 is 10.7. The fraction of sp³-hybridized carbons (Fsp3) is 0.391. The quantitative estimate of drug-likeness (QED) is 0.811. The third kappa shape index (κ3) is 4.21. The van der Waals surface area contributed by atoms with Crippen LogP contribution in [-0.4, -0.2) is 32.6 Å². The van der Waals surface area contributed by atoms with Gasteiger partial charge >= 0.3 is 0 Å². The molecule has 154 valence electrons. The molecular formula is C23H28N2O4. The molecule has 2 aromatic rings. The number of nitrogens with zero attached hydrogens (tertiary/aromatic N) is 1. The predicted molar refractivity (Wildman–Crippen MR) is 112 cm³/mol. The molecule has 6 heteroatoms. The number of hydrogen-bond acceptors (Lipinski definition) is 4. The summed E-state index contributed by atoms with van der Waals surface area (Å²) in [6.45, 7) is 6.31. The average molecular weight is 396 g/mol. The molecule has 1 fully saturated rings. The molecule has 1 saturated heterocycles.